The van der Waals surface area contributed by atoms with Gasteiger partial charge in [0.15, 0.2) is 5.13 Å². The summed E-state index contributed by atoms with van der Waals surface area (Å²) in [6, 6.07) is 0. The maximum atomic E-state index is 5.43. The molecule has 5 nitrogen and oxygen atoms in total. The highest BCUT2D eigenvalue weighted by Gasteiger charge is 2.25. The van der Waals surface area contributed by atoms with E-state index in [0.29, 0.717) is 6.10 Å². The molecular formula is C14H25N3O2S. The van der Waals surface area contributed by atoms with E-state index in [1.165, 1.54) is 10.6 Å². The van der Waals surface area contributed by atoms with Crippen LogP contribution in [-0.2, 0) is 22.4 Å². The number of rotatable bonds is 8. The second-order valence-corrected chi connectivity index (χ2v) is 6.04. The van der Waals surface area contributed by atoms with E-state index in [-0.39, 0.29) is 0 Å². The molecule has 2 heterocycles. The number of ether oxygens (including phenoxy) is 2. The molecule has 0 saturated carbocycles. The molecular weight excluding hydrogens is 274 g/mol. The van der Waals surface area contributed by atoms with Crippen molar-refractivity contribution in [2.24, 2.45) is 0 Å². The summed E-state index contributed by atoms with van der Waals surface area (Å²) >= 11 is 1.81. The highest BCUT2D eigenvalue weighted by atomic mass is 32.1. The van der Waals surface area contributed by atoms with Crippen LogP contribution in [-0.4, -0.2) is 51.5 Å². The summed E-state index contributed by atoms with van der Waals surface area (Å²) in [5, 5.41) is 4.55. The van der Waals surface area contributed by atoms with Crippen LogP contribution in [0.3, 0.4) is 0 Å². The first-order valence-electron chi connectivity index (χ1n) is 7.24. The Kier molecular flexibility index (Phi) is 6.22. The quantitative estimate of drug-likeness (QED) is 0.740. The second-order valence-electron chi connectivity index (χ2n) is 4.98. The molecule has 2 rings (SSSR count). The fraction of sp³-hybridized carbons (Fsp3) is 0.786. The third-order valence-corrected chi connectivity index (χ3v) is 4.78. The molecule has 1 aliphatic rings. The molecule has 1 aromatic rings. The van der Waals surface area contributed by atoms with E-state index in [1.54, 1.807) is 14.2 Å². The lowest BCUT2D eigenvalue weighted by Gasteiger charge is -2.13. The third-order valence-electron chi connectivity index (χ3n) is 3.62. The van der Waals surface area contributed by atoms with Crippen molar-refractivity contribution in [2.45, 2.75) is 32.4 Å². The van der Waals surface area contributed by atoms with Gasteiger partial charge in [0, 0.05) is 45.3 Å². The number of hydrogen-bond donors (Lipinski definition) is 1. The van der Waals surface area contributed by atoms with E-state index in [2.05, 4.69) is 17.1 Å². The second kappa shape index (κ2) is 7.93. The molecule has 114 valence electrons. The van der Waals surface area contributed by atoms with Crippen molar-refractivity contribution in [1.82, 2.24) is 10.3 Å². The van der Waals surface area contributed by atoms with Crippen LogP contribution in [0.2, 0.25) is 0 Å². The van der Waals surface area contributed by atoms with Gasteiger partial charge < -0.3 is 19.7 Å². The first-order valence-corrected chi connectivity index (χ1v) is 8.06. The van der Waals surface area contributed by atoms with Crippen LogP contribution in [0.25, 0.3) is 0 Å². The number of hydrogen-bond acceptors (Lipinski definition) is 6. The van der Waals surface area contributed by atoms with Gasteiger partial charge in [-0.2, -0.15) is 0 Å². The molecule has 0 aromatic carbocycles. The maximum absolute atomic E-state index is 5.43. The van der Waals surface area contributed by atoms with Gasteiger partial charge >= 0.3 is 0 Å². The van der Waals surface area contributed by atoms with E-state index < -0.39 is 0 Å². The molecule has 1 unspecified atom stereocenters. The standard InChI is InChI=1S/C14H25N3O2S/c1-4-12-13(9-15-6-8-18-2)20-14(16-12)17-7-5-11(10-17)19-3/h11,15H,4-10H2,1-3H3. The largest absolute Gasteiger partial charge is 0.383 e. The van der Waals surface area contributed by atoms with Crippen molar-refractivity contribution < 1.29 is 9.47 Å². The summed E-state index contributed by atoms with van der Waals surface area (Å²) in [5.74, 6) is 0. The Morgan fingerprint density at radius 2 is 2.30 bits per heavy atom. The SMILES string of the molecule is CCc1nc(N2CCC(OC)C2)sc1CNCCOC. The molecule has 1 aliphatic heterocycles. The van der Waals surface area contributed by atoms with E-state index in [1.807, 2.05) is 11.3 Å². The Morgan fingerprint density at radius 1 is 1.45 bits per heavy atom. The minimum Gasteiger partial charge on any atom is -0.383 e. The lowest BCUT2D eigenvalue weighted by Crippen LogP contribution is -2.21. The lowest BCUT2D eigenvalue weighted by atomic mass is 10.3. The smallest absolute Gasteiger partial charge is 0.185 e. The van der Waals surface area contributed by atoms with Crippen molar-refractivity contribution in [3.63, 3.8) is 0 Å². The fourth-order valence-electron chi connectivity index (χ4n) is 2.39. The zero-order chi connectivity index (χ0) is 14.4. The average Bonchev–Trinajstić information content (AvgIpc) is 3.09. The molecule has 1 fully saturated rings. The monoisotopic (exact) mass is 299 g/mol. The average molecular weight is 299 g/mol. The molecule has 0 radical (unpaired) electrons. The van der Waals surface area contributed by atoms with Gasteiger partial charge in [0.25, 0.3) is 0 Å². The number of aryl methyl sites for hydroxylation is 1. The number of aromatic nitrogens is 1. The molecule has 1 saturated heterocycles. The van der Waals surface area contributed by atoms with Crippen LogP contribution in [0.4, 0.5) is 5.13 Å². The predicted octanol–water partition coefficient (Wildman–Crippen LogP) is 1.67. The van der Waals surface area contributed by atoms with Crippen LogP contribution >= 0.6 is 11.3 Å². The first-order chi connectivity index (χ1) is 9.78. The number of nitrogens with one attached hydrogen (secondary N) is 1. The maximum Gasteiger partial charge on any atom is 0.185 e. The minimum absolute atomic E-state index is 0.354. The topological polar surface area (TPSA) is 46.6 Å². The van der Waals surface area contributed by atoms with Gasteiger partial charge in [0.1, 0.15) is 0 Å². The molecule has 0 aliphatic carbocycles. The van der Waals surface area contributed by atoms with E-state index in [4.69, 9.17) is 14.5 Å². The number of methoxy groups -OCH3 is 2. The summed E-state index contributed by atoms with van der Waals surface area (Å²) in [6.07, 6.45) is 2.44. The molecule has 0 bridgehead atoms. The summed E-state index contributed by atoms with van der Waals surface area (Å²) < 4.78 is 10.5. The van der Waals surface area contributed by atoms with Crippen molar-refractivity contribution in [3.05, 3.63) is 10.6 Å². The summed E-state index contributed by atoms with van der Waals surface area (Å²) in [4.78, 5) is 8.49. The lowest BCUT2D eigenvalue weighted by molar-refractivity contribution is 0.121. The Balaban J connectivity index is 1.95. The molecule has 1 atom stereocenters. The van der Waals surface area contributed by atoms with Gasteiger partial charge in [-0.25, -0.2) is 4.98 Å². The summed E-state index contributed by atoms with van der Waals surface area (Å²) in [6.45, 7) is 6.68. The van der Waals surface area contributed by atoms with Crippen LogP contribution < -0.4 is 10.2 Å². The minimum atomic E-state index is 0.354. The molecule has 20 heavy (non-hydrogen) atoms. The van der Waals surface area contributed by atoms with Crippen LogP contribution in [0, 0.1) is 0 Å². The zero-order valence-electron chi connectivity index (χ0n) is 12.6. The summed E-state index contributed by atoms with van der Waals surface area (Å²) in [5.41, 5.74) is 1.22. The van der Waals surface area contributed by atoms with Crippen LogP contribution in [0.15, 0.2) is 0 Å². The molecule has 0 amide bonds. The zero-order valence-corrected chi connectivity index (χ0v) is 13.5. The fourth-order valence-corrected chi connectivity index (χ4v) is 3.54. The van der Waals surface area contributed by atoms with Gasteiger partial charge in [0.05, 0.1) is 18.4 Å². The Bertz CT molecular complexity index is 411. The van der Waals surface area contributed by atoms with Gasteiger partial charge in [-0.05, 0) is 12.8 Å². The van der Waals surface area contributed by atoms with Gasteiger partial charge in [-0.15, -0.1) is 11.3 Å². The van der Waals surface area contributed by atoms with E-state index in [0.717, 1.165) is 50.8 Å². The molecule has 1 N–H and O–H groups in total. The van der Waals surface area contributed by atoms with Crippen molar-refractivity contribution in [2.75, 3.05) is 45.4 Å². The molecule has 0 spiro atoms. The van der Waals surface area contributed by atoms with E-state index >= 15 is 0 Å². The predicted molar refractivity (Wildman–Crippen MR) is 82.7 cm³/mol. The highest BCUT2D eigenvalue weighted by Crippen LogP contribution is 2.29. The number of anilines is 1. The Hall–Kier alpha value is -0.690. The number of thiazole rings is 1. The third kappa shape index (κ3) is 3.91. The Labute approximate surface area is 125 Å². The normalized spacial score (nSPS) is 18.9. The van der Waals surface area contributed by atoms with Crippen molar-refractivity contribution in [1.29, 1.82) is 0 Å². The summed E-state index contributed by atoms with van der Waals surface area (Å²) in [7, 11) is 3.52. The van der Waals surface area contributed by atoms with Crippen molar-refractivity contribution in [3.8, 4) is 0 Å². The van der Waals surface area contributed by atoms with Crippen molar-refractivity contribution >= 4 is 16.5 Å². The van der Waals surface area contributed by atoms with Crippen LogP contribution in [0.1, 0.15) is 23.9 Å². The van der Waals surface area contributed by atoms with Gasteiger partial charge in [0.2, 0.25) is 0 Å². The van der Waals surface area contributed by atoms with Crippen LogP contribution in [0.5, 0.6) is 0 Å². The highest BCUT2D eigenvalue weighted by molar-refractivity contribution is 7.15. The molecule has 1 aromatic heterocycles. The number of nitrogens with zero attached hydrogens (tertiary/aromatic N) is 2. The Morgan fingerprint density at radius 3 is 2.95 bits per heavy atom. The van der Waals surface area contributed by atoms with Gasteiger partial charge in [-0.1, -0.05) is 6.92 Å². The molecule has 6 heteroatoms. The van der Waals surface area contributed by atoms with E-state index in [9.17, 15) is 0 Å². The van der Waals surface area contributed by atoms with Gasteiger partial charge in [-0.3, -0.25) is 0 Å². The first kappa shape index (κ1) is 15.7.